The van der Waals surface area contributed by atoms with Crippen molar-refractivity contribution in [3.8, 4) is 5.69 Å². The number of rotatable bonds is 4. The molecule has 0 saturated heterocycles. The number of nitrogens with zero attached hydrogens (tertiary/aromatic N) is 2. The van der Waals surface area contributed by atoms with E-state index in [1.54, 1.807) is 18.6 Å². The van der Waals surface area contributed by atoms with Gasteiger partial charge in [0.2, 0.25) is 0 Å². The highest BCUT2D eigenvalue weighted by Crippen LogP contribution is 2.17. The third kappa shape index (κ3) is 2.12. The molecule has 0 atom stereocenters. The van der Waals surface area contributed by atoms with E-state index in [0.717, 1.165) is 12.2 Å². The van der Waals surface area contributed by atoms with Gasteiger partial charge in [-0.05, 0) is 18.7 Å². The number of benzene rings is 1. The molecule has 0 aliphatic rings. The average molecular weight is 219 g/mol. The van der Waals surface area contributed by atoms with Crippen LogP contribution in [-0.4, -0.2) is 16.1 Å². The Bertz CT molecular complexity index is 451. The lowest BCUT2D eigenvalue weighted by Gasteiger charge is -2.11. The number of halogens is 1. The Morgan fingerprint density at radius 1 is 1.44 bits per heavy atom. The van der Waals surface area contributed by atoms with Gasteiger partial charge in [0.25, 0.3) is 0 Å². The first-order valence-electron chi connectivity index (χ1n) is 5.29. The van der Waals surface area contributed by atoms with Crippen molar-refractivity contribution in [2.75, 3.05) is 6.54 Å². The normalized spacial score (nSPS) is 10.6. The number of imidazole rings is 1. The second-order valence-corrected chi connectivity index (χ2v) is 3.49. The maximum absolute atomic E-state index is 13.7. The minimum Gasteiger partial charge on any atom is -0.313 e. The van der Waals surface area contributed by atoms with Gasteiger partial charge in [-0.15, -0.1) is 0 Å². The molecular weight excluding hydrogens is 205 g/mol. The molecule has 2 aromatic rings. The second-order valence-electron chi connectivity index (χ2n) is 3.49. The molecule has 0 radical (unpaired) electrons. The standard InChI is InChI=1S/C12H14FN3/c1-2-14-8-10-11(13)4-3-5-12(10)16-7-6-15-9-16/h3-7,9,14H,2,8H2,1H3. The van der Waals surface area contributed by atoms with E-state index in [9.17, 15) is 4.39 Å². The zero-order chi connectivity index (χ0) is 11.4. The minimum atomic E-state index is -0.188. The summed E-state index contributed by atoms with van der Waals surface area (Å²) in [5.74, 6) is -0.188. The van der Waals surface area contributed by atoms with Gasteiger partial charge in [0.05, 0.1) is 12.0 Å². The maximum atomic E-state index is 13.7. The molecule has 1 aromatic carbocycles. The first-order chi connectivity index (χ1) is 7.83. The monoisotopic (exact) mass is 219 g/mol. The third-order valence-corrected chi connectivity index (χ3v) is 2.43. The minimum absolute atomic E-state index is 0.188. The zero-order valence-corrected chi connectivity index (χ0v) is 9.15. The highest BCUT2D eigenvalue weighted by atomic mass is 19.1. The lowest BCUT2D eigenvalue weighted by molar-refractivity contribution is 0.591. The van der Waals surface area contributed by atoms with Crippen molar-refractivity contribution in [2.24, 2.45) is 0 Å². The van der Waals surface area contributed by atoms with Crippen molar-refractivity contribution in [3.63, 3.8) is 0 Å². The van der Waals surface area contributed by atoms with Crippen molar-refractivity contribution >= 4 is 0 Å². The van der Waals surface area contributed by atoms with Crippen LogP contribution in [0.1, 0.15) is 12.5 Å². The van der Waals surface area contributed by atoms with Crippen molar-refractivity contribution in [3.05, 3.63) is 48.3 Å². The van der Waals surface area contributed by atoms with E-state index in [1.807, 2.05) is 23.8 Å². The second kappa shape index (κ2) is 4.90. The van der Waals surface area contributed by atoms with Crippen LogP contribution in [0.2, 0.25) is 0 Å². The number of nitrogens with one attached hydrogen (secondary N) is 1. The molecule has 0 aliphatic carbocycles. The number of hydrogen-bond acceptors (Lipinski definition) is 2. The average Bonchev–Trinajstić information content (AvgIpc) is 2.80. The van der Waals surface area contributed by atoms with E-state index in [1.165, 1.54) is 6.07 Å². The van der Waals surface area contributed by atoms with Crippen LogP contribution in [0.15, 0.2) is 36.9 Å². The Morgan fingerprint density at radius 2 is 2.31 bits per heavy atom. The van der Waals surface area contributed by atoms with E-state index in [-0.39, 0.29) is 5.82 Å². The van der Waals surface area contributed by atoms with Gasteiger partial charge in [-0.2, -0.15) is 0 Å². The molecule has 4 heteroatoms. The van der Waals surface area contributed by atoms with Gasteiger partial charge in [0.15, 0.2) is 0 Å². The molecular formula is C12H14FN3. The Morgan fingerprint density at radius 3 is 3.00 bits per heavy atom. The predicted molar refractivity (Wildman–Crippen MR) is 60.9 cm³/mol. The van der Waals surface area contributed by atoms with E-state index >= 15 is 0 Å². The fraction of sp³-hybridized carbons (Fsp3) is 0.250. The third-order valence-electron chi connectivity index (χ3n) is 2.43. The highest BCUT2D eigenvalue weighted by molar-refractivity contribution is 5.41. The topological polar surface area (TPSA) is 29.9 Å². The molecule has 16 heavy (non-hydrogen) atoms. The summed E-state index contributed by atoms with van der Waals surface area (Å²) in [5.41, 5.74) is 1.50. The van der Waals surface area contributed by atoms with Crippen molar-refractivity contribution < 1.29 is 4.39 Å². The number of aromatic nitrogens is 2. The van der Waals surface area contributed by atoms with Crippen molar-refractivity contribution in [1.82, 2.24) is 14.9 Å². The predicted octanol–water partition coefficient (Wildman–Crippen LogP) is 2.12. The van der Waals surface area contributed by atoms with Crippen LogP contribution in [0.25, 0.3) is 5.69 Å². The molecule has 0 saturated carbocycles. The zero-order valence-electron chi connectivity index (χ0n) is 9.15. The molecule has 3 nitrogen and oxygen atoms in total. The van der Waals surface area contributed by atoms with Crippen LogP contribution in [0.4, 0.5) is 4.39 Å². The summed E-state index contributed by atoms with van der Waals surface area (Å²) in [7, 11) is 0. The largest absolute Gasteiger partial charge is 0.313 e. The highest BCUT2D eigenvalue weighted by Gasteiger charge is 2.08. The number of hydrogen-bond donors (Lipinski definition) is 1. The van der Waals surface area contributed by atoms with Crippen LogP contribution in [-0.2, 0) is 6.54 Å². The van der Waals surface area contributed by atoms with Gasteiger partial charge >= 0.3 is 0 Å². The summed E-state index contributed by atoms with van der Waals surface area (Å²) in [5, 5.41) is 3.13. The quantitative estimate of drug-likeness (QED) is 0.853. The molecule has 0 spiro atoms. The van der Waals surface area contributed by atoms with Crippen LogP contribution < -0.4 is 5.32 Å². The summed E-state index contributed by atoms with van der Waals surface area (Å²) in [6.45, 7) is 3.34. The fourth-order valence-corrected chi connectivity index (χ4v) is 1.62. The maximum Gasteiger partial charge on any atom is 0.129 e. The SMILES string of the molecule is CCNCc1c(F)cccc1-n1ccnc1. The molecule has 2 rings (SSSR count). The summed E-state index contributed by atoms with van der Waals surface area (Å²) in [4.78, 5) is 3.97. The first-order valence-corrected chi connectivity index (χ1v) is 5.29. The van der Waals surface area contributed by atoms with E-state index < -0.39 is 0 Å². The van der Waals surface area contributed by atoms with Crippen LogP contribution in [0.5, 0.6) is 0 Å². The Kier molecular flexibility index (Phi) is 3.31. The summed E-state index contributed by atoms with van der Waals surface area (Å²) in [6, 6.07) is 5.07. The van der Waals surface area contributed by atoms with Crippen molar-refractivity contribution in [1.29, 1.82) is 0 Å². The lowest BCUT2D eigenvalue weighted by Crippen LogP contribution is -2.15. The molecule has 0 aliphatic heterocycles. The van der Waals surface area contributed by atoms with Gasteiger partial charge in [-0.1, -0.05) is 13.0 Å². The molecule has 0 bridgehead atoms. The Balaban J connectivity index is 2.40. The molecule has 1 aromatic heterocycles. The molecule has 0 unspecified atom stereocenters. The lowest BCUT2D eigenvalue weighted by atomic mass is 10.1. The fourth-order valence-electron chi connectivity index (χ4n) is 1.62. The first kappa shape index (κ1) is 10.8. The molecule has 1 N–H and O–H groups in total. The van der Waals surface area contributed by atoms with E-state index in [4.69, 9.17) is 0 Å². The van der Waals surface area contributed by atoms with Crippen LogP contribution >= 0.6 is 0 Å². The summed E-state index contributed by atoms with van der Waals surface area (Å²) < 4.78 is 15.5. The van der Waals surface area contributed by atoms with Gasteiger partial charge in [0, 0.05) is 24.5 Å². The smallest absolute Gasteiger partial charge is 0.129 e. The summed E-state index contributed by atoms with van der Waals surface area (Å²) in [6.07, 6.45) is 5.16. The van der Waals surface area contributed by atoms with Crippen molar-refractivity contribution in [2.45, 2.75) is 13.5 Å². The molecule has 0 amide bonds. The van der Waals surface area contributed by atoms with Gasteiger partial charge in [-0.3, -0.25) is 0 Å². The van der Waals surface area contributed by atoms with Gasteiger partial charge in [-0.25, -0.2) is 9.37 Å². The van der Waals surface area contributed by atoms with Crippen LogP contribution in [0.3, 0.4) is 0 Å². The summed E-state index contributed by atoms with van der Waals surface area (Å²) >= 11 is 0. The molecule has 0 fully saturated rings. The van der Waals surface area contributed by atoms with Gasteiger partial charge in [0.1, 0.15) is 5.82 Å². The Labute approximate surface area is 93.9 Å². The Hall–Kier alpha value is -1.68. The molecule has 1 heterocycles. The van der Waals surface area contributed by atoms with Crippen LogP contribution in [0, 0.1) is 5.82 Å². The van der Waals surface area contributed by atoms with E-state index in [2.05, 4.69) is 10.3 Å². The molecule has 84 valence electrons. The van der Waals surface area contributed by atoms with E-state index in [0.29, 0.717) is 12.1 Å². The van der Waals surface area contributed by atoms with Gasteiger partial charge < -0.3 is 9.88 Å².